The summed E-state index contributed by atoms with van der Waals surface area (Å²) in [5.74, 6) is 0.580. The summed E-state index contributed by atoms with van der Waals surface area (Å²) < 4.78 is 0. The molecule has 2 rings (SSSR count). The van der Waals surface area contributed by atoms with Crippen molar-refractivity contribution in [2.75, 3.05) is 6.54 Å². The minimum atomic E-state index is 0.112. The molecule has 1 aliphatic heterocycles. The number of rotatable bonds is 2. The number of hydrogen-bond acceptors (Lipinski definition) is 3. The molecule has 1 aliphatic rings. The summed E-state index contributed by atoms with van der Waals surface area (Å²) in [6, 6.07) is 0. The van der Waals surface area contributed by atoms with Crippen LogP contribution in [0, 0.1) is 5.92 Å². The fraction of sp³-hybridized carbons (Fsp3) is 0.636. The lowest BCUT2D eigenvalue weighted by molar-refractivity contribution is 0.275. The average Bonchev–Trinajstić information content (AvgIpc) is 2.69. The van der Waals surface area contributed by atoms with Crippen LogP contribution in [0.5, 0.6) is 0 Å². The first kappa shape index (κ1) is 9.59. The average molecular weight is 191 g/mol. The Balaban J connectivity index is 2.36. The van der Waals surface area contributed by atoms with Crippen molar-refractivity contribution in [3.63, 3.8) is 0 Å². The van der Waals surface area contributed by atoms with Crippen LogP contribution in [0.4, 0.5) is 0 Å². The summed E-state index contributed by atoms with van der Waals surface area (Å²) in [7, 11) is 0. The van der Waals surface area contributed by atoms with Gasteiger partial charge in [-0.2, -0.15) is 0 Å². The molecule has 1 N–H and O–H groups in total. The predicted molar refractivity (Wildman–Crippen MR) is 55.8 cm³/mol. The minimum Gasteiger partial charge on any atom is -0.307 e. The monoisotopic (exact) mass is 191 g/mol. The maximum absolute atomic E-state index is 4.11. The maximum Gasteiger partial charge on any atom is 0.115 e. The van der Waals surface area contributed by atoms with E-state index in [0.29, 0.717) is 5.92 Å². The third kappa shape index (κ3) is 1.42. The Kier molecular flexibility index (Phi) is 2.50. The number of hydrogen-bond donors (Lipinski definition) is 1. The molecule has 1 aromatic rings. The molecule has 0 saturated carbocycles. The number of aromatic nitrogens is 2. The second kappa shape index (κ2) is 3.65. The Morgan fingerprint density at radius 3 is 2.57 bits per heavy atom. The highest BCUT2D eigenvalue weighted by molar-refractivity contribution is 5.20. The SMILES string of the molecule is CC(C)C1(c2cncnc2)CCCN1. The normalized spacial score (nSPS) is 27.1. The fourth-order valence-corrected chi connectivity index (χ4v) is 2.37. The van der Waals surface area contributed by atoms with Crippen LogP contribution in [0.25, 0.3) is 0 Å². The Morgan fingerprint density at radius 1 is 1.36 bits per heavy atom. The van der Waals surface area contributed by atoms with E-state index in [4.69, 9.17) is 0 Å². The quantitative estimate of drug-likeness (QED) is 0.773. The molecular weight excluding hydrogens is 174 g/mol. The van der Waals surface area contributed by atoms with Crippen LogP contribution in [0.15, 0.2) is 18.7 Å². The van der Waals surface area contributed by atoms with Gasteiger partial charge in [0.05, 0.1) is 0 Å². The van der Waals surface area contributed by atoms with Crippen molar-refractivity contribution in [2.45, 2.75) is 32.2 Å². The summed E-state index contributed by atoms with van der Waals surface area (Å²) in [5, 5.41) is 3.61. The third-order valence-corrected chi connectivity index (χ3v) is 3.25. The highest BCUT2D eigenvalue weighted by Crippen LogP contribution is 2.36. The largest absolute Gasteiger partial charge is 0.307 e. The highest BCUT2D eigenvalue weighted by atomic mass is 15.0. The molecule has 14 heavy (non-hydrogen) atoms. The standard InChI is InChI=1S/C11H17N3/c1-9(2)11(4-3-5-14-11)10-6-12-8-13-7-10/h6-9,14H,3-5H2,1-2H3. The van der Waals surface area contributed by atoms with Gasteiger partial charge >= 0.3 is 0 Å². The predicted octanol–water partition coefficient (Wildman–Crippen LogP) is 1.71. The van der Waals surface area contributed by atoms with Crippen LogP contribution < -0.4 is 5.32 Å². The summed E-state index contributed by atoms with van der Waals surface area (Å²) in [5.41, 5.74) is 1.34. The first-order valence-corrected chi connectivity index (χ1v) is 5.26. The van der Waals surface area contributed by atoms with Gasteiger partial charge in [0.2, 0.25) is 0 Å². The zero-order valence-corrected chi connectivity index (χ0v) is 8.83. The number of nitrogens with zero attached hydrogens (tertiary/aromatic N) is 2. The van der Waals surface area contributed by atoms with Crippen LogP contribution in [0.3, 0.4) is 0 Å². The molecule has 1 aromatic heterocycles. The van der Waals surface area contributed by atoms with Gasteiger partial charge in [-0.1, -0.05) is 13.8 Å². The molecule has 0 spiro atoms. The maximum atomic E-state index is 4.11. The van der Waals surface area contributed by atoms with E-state index in [2.05, 4.69) is 29.1 Å². The molecule has 0 amide bonds. The van der Waals surface area contributed by atoms with Crippen molar-refractivity contribution in [3.8, 4) is 0 Å². The van der Waals surface area contributed by atoms with Crippen molar-refractivity contribution < 1.29 is 0 Å². The molecule has 0 bridgehead atoms. The Bertz CT molecular complexity index is 289. The molecule has 1 atom stereocenters. The first-order chi connectivity index (χ1) is 6.76. The van der Waals surface area contributed by atoms with Crippen molar-refractivity contribution in [1.29, 1.82) is 0 Å². The van der Waals surface area contributed by atoms with Gasteiger partial charge in [-0.25, -0.2) is 9.97 Å². The van der Waals surface area contributed by atoms with Gasteiger partial charge in [0.15, 0.2) is 0 Å². The van der Waals surface area contributed by atoms with Crippen LogP contribution in [0.1, 0.15) is 32.3 Å². The first-order valence-electron chi connectivity index (χ1n) is 5.26. The summed E-state index contributed by atoms with van der Waals surface area (Å²) in [6.45, 7) is 5.61. The molecule has 2 heterocycles. The van der Waals surface area contributed by atoms with E-state index in [1.807, 2.05) is 12.4 Å². The third-order valence-electron chi connectivity index (χ3n) is 3.25. The highest BCUT2D eigenvalue weighted by Gasteiger charge is 2.38. The lowest BCUT2D eigenvalue weighted by Gasteiger charge is -2.33. The lowest BCUT2D eigenvalue weighted by Crippen LogP contribution is -2.41. The molecule has 1 saturated heterocycles. The summed E-state index contributed by atoms with van der Waals surface area (Å²) in [6.07, 6.45) is 7.90. The van der Waals surface area contributed by atoms with Crippen molar-refractivity contribution in [2.24, 2.45) is 5.92 Å². The van der Waals surface area contributed by atoms with Gasteiger partial charge < -0.3 is 5.32 Å². The van der Waals surface area contributed by atoms with E-state index in [-0.39, 0.29) is 5.54 Å². The zero-order chi connectivity index (χ0) is 10.0. The van der Waals surface area contributed by atoms with Crippen LogP contribution in [-0.2, 0) is 5.54 Å². The second-order valence-corrected chi connectivity index (χ2v) is 4.28. The Labute approximate surface area is 85.0 Å². The van der Waals surface area contributed by atoms with E-state index < -0.39 is 0 Å². The molecule has 76 valence electrons. The summed E-state index contributed by atoms with van der Waals surface area (Å²) in [4.78, 5) is 8.21. The molecule has 0 radical (unpaired) electrons. The van der Waals surface area contributed by atoms with Gasteiger partial charge in [0, 0.05) is 23.5 Å². The second-order valence-electron chi connectivity index (χ2n) is 4.28. The molecule has 1 unspecified atom stereocenters. The minimum absolute atomic E-state index is 0.112. The Hall–Kier alpha value is -0.960. The molecule has 0 aliphatic carbocycles. The lowest BCUT2D eigenvalue weighted by atomic mass is 9.80. The van der Waals surface area contributed by atoms with Crippen molar-refractivity contribution in [3.05, 3.63) is 24.3 Å². The van der Waals surface area contributed by atoms with Gasteiger partial charge in [-0.15, -0.1) is 0 Å². The van der Waals surface area contributed by atoms with E-state index in [1.54, 1.807) is 6.33 Å². The van der Waals surface area contributed by atoms with Crippen LogP contribution in [0.2, 0.25) is 0 Å². The van der Waals surface area contributed by atoms with E-state index in [9.17, 15) is 0 Å². The van der Waals surface area contributed by atoms with Gasteiger partial charge in [0.25, 0.3) is 0 Å². The molecule has 3 heteroatoms. The zero-order valence-electron chi connectivity index (χ0n) is 8.83. The smallest absolute Gasteiger partial charge is 0.115 e. The molecule has 1 fully saturated rings. The van der Waals surface area contributed by atoms with Crippen molar-refractivity contribution >= 4 is 0 Å². The van der Waals surface area contributed by atoms with Crippen LogP contribution >= 0.6 is 0 Å². The van der Waals surface area contributed by atoms with Gasteiger partial charge in [-0.3, -0.25) is 0 Å². The Morgan fingerprint density at radius 2 is 2.07 bits per heavy atom. The van der Waals surface area contributed by atoms with Crippen LogP contribution in [-0.4, -0.2) is 16.5 Å². The molecule has 0 aromatic carbocycles. The van der Waals surface area contributed by atoms with E-state index in [0.717, 1.165) is 6.54 Å². The number of nitrogens with one attached hydrogen (secondary N) is 1. The topological polar surface area (TPSA) is 37.8 Å². The molecular formula is C11H17N3. The van der Waals surface area contributed by atoms with Gasteiger partial charge in [0.1, 0.15) is 6.33 Å². The van der Waals surface area contributed by atoms with E-state index >= 15 is 0 Å². The molecule has 3 nitrogen and oxygen atoms in total. The van der Waals surface area contributed by atoms with Gasteiger partial charge in [-0.05, 0) is 25.3 Å². The van der Waals surface area contributed by atoms with Crippen molar-refractivity contribution in [1.82, 2.24) is 15.3 Å². The van der Waals surface area contributed by atoms with E-state index in [1.165, 1.54) is 18.4 Å². The summed E-state index contributed by atoms with van der Waals surface area (Å²) >= 11 is 0. The fourth-order valence-electron chi connectivity index (χ4n) is 2.37.